The van der Waals surface area contributed by atoms with Crippen molar-refractivity contribution in [1.82, 2.24) is 4.98 Å². The van der Waals surface area contributed by atoms with Gasteiger partial charge in [0, 0.05) is 18.3 Å². The number of nitrogens with one attached hydrogen (secondary N) is 1. The number of aromatic carboxylic acids is 1. The SMILES string of the molecule is O=C([O-])c1ccc2c(c1)/C(=C/CN1CNc3ccncc31)c1ccccc1CO2. The number of hydrogen-bond donors (Lipinski definition) is 1. The predicted octanol–water partition coefficient (Wildman–Crippen LogP) is 2.66. The molecule has 2 aliphatic heterocycles. The maximum absolute atomic E-state index is 11.4. The molecule has 0 saturated carbocycles. The van der Waals surface area contributed by atoms with Gasteiger partial charge in [-0.1, -0.05) is 30.3 Å². The number of hydrogen-bond acceptors (Lipinski definition) is 6. The maximum Gasteiger partial charge on any atom is 0.127 e. The van der Waals surface area contributed by atoms with Gasteiger partial charge in [0.2, 0.25) is 0 Å². The molecule has 1 aromatic heterocycles. The van der Waals surface area contributed by atoms with E-state index in [1.165, 1.54) is 6.07 Å². The van der Waals surface area contributed by atoms with Gasteiger partial charge in [-0.05, 0) is 46.5 Å². The average Bonchev–Trinajstić information content (AvgIpc) is 3.09. The fourth-order valence-corrected chi connectivity index (χ4v) is 3.84. The molecule has 29 heavy (non-hydrogen) atoms. The van der Waals surface area contributed by atoms with Gasteiger partial charge in [-0.15, -0.1) is 0 Å². The summed E-state index contributed by atoms with van der Waals surface area (Å²) in [5.74, 6) is -0.535. The lowest BCUT2D eigenvalue weighted by Gasteiger charge is -2.18. The van der Waals surface area contributed by atoms with Crippen LogP contribution in [0.4, 0.5) is 11.4 Å². The number of aromatic nitrogens is 1. The molecule has 0 atom stereocenters. The highest BCUT2D eigenvalue weighted by Crippen LogP contribution is 2.38. The zero-order chi connectivity index (χ0) is 19.8. The molecule has 0 amide bonds. The first-order valence-electron chi connectivity index (χ1n) is 9.40. The molecule has 144 valence electrons. The first-order valence-corrected chi connectivity index (χ1v) is 9.40. The van der Waals surface area contributed by atoms with Crippen molar-refractivity contribution in [3.05, 3.63) is 89.3 Å². The Morgan fingerprint density at radius 2 is 2.10 bits per heavy atom. The third kappa shape index (κ3) is 3.08. The number of carboxylic acid groups (broad SMARTS) is 1. The van der Waals surface area contributed by atoms with Crippen LogP contribution in [-0.2, 0) is 6.61 Å². The van der Waals surface area contributed by atoms with Crippen LogP contribution in [0.1, 0.15) is 27.0 Å². The number of benzene rings is 2. The van der Waals surface area contributed by atoms with E-state index in [0.29, 0.717) is 25.6 Å². The molecular formula is C23H18N3O3-. The normalized spacial score (nSPS) is 15.6. The molecule has 1 N–H and O–H groups in total. The second-order valence-corrected chi connectivity index (χ2v) is 7.01. The second kappa shape index (κ2) is 6.98. The van der Waals surface area contributed by atoms with Gasteiger partial charge in [0.15, 0.2) is 0 Å². The summed E-state index contributed by atoms with van der Waals surface area (Å²) in [6.45, 7) is 1.77. The minimum absolute atomic E-state index is 0.134. The zero-order valence-electron chi connectivity index (χ0n) is 15.6. The summed E-state index contributed by atoms with van der Waals surface area (Å²) >= 11 is 0. The number of ether oxygens (including phenoxy) is 1. The van der Waals surface area contributed by atoms with Crippen LogP contribution in [0.3, 0.4) is 0 Å². The zero-order valence-corrected chi connectivity index (χ0v) is 15.6. The van der Waals surface area contributed by atoms with Crippen molar-refractivity contribution < 1.29 is 14.6 Å². The van der Waals surface area contributed by atoms with Gasteiger partial charge >= 0.3 is 0 Å². The Labute approximate surface area is 168 Å². The number of carbonyl (C=O) groups is 1. The number of carbonyl (C=O) groups excluding carboxylic acids is 1. The molecular weight excluding hydrogens is 366 g/mol. The molecule has 0 fully saturated rings. The molecule has 0 unspecified atom stereocenters. The van der Waals surface area contributed by atoms with Crippen LogP contribution in [0.15, 0.2) is 67.0 Å². The summed E-state index contributed by atoms with van der Waals surface area (Å²) in [6.07, 6.45) is 5.74. The summed E-state index contributed by atoms with van der Waals surface area (Å²) in [5.41, 5.74) is 6.06. The van der Waals surface area contributed by atoms with E-state index in [1.54, 1.807) is 18.3 Å². The van der Waals surface area contributed by atoms with Crippen molar-refractivity contribution in [1.29, 1.82) is 0 Å². The van der Waals surface area contributed by atoms with E-state index in [1.807, 2.05) is 36.5 Å². The largest absolute Gasteiger partial charge is 0.545 e. The van der Waals surface area contributed by atoms with Gasteiger partial charge in [-0.25, -0.2) is 0 Å². The molecule has 2 aliphatic rings. The van der Waals surface area contributed by atoms with E-state index in [0.717, 1.165) is 33.6 Å². The molecule has 2 aromatic carbocycles. The van der Waals surface area contributed by atoms with Gasteiger partial charge < -0.3 is 24.9 Å². The summed E-state index contributed by atoms with van der Waals surface area (Å²) in [7, 11) is 0. The molecule has 6 heteroatoms. The van der Waals surface area contributed by atoms with Crippen molar-refractivity contribution in [2.75, 3.05) is 23.4 Å². The van der Waals surface area contributed by atoms with E-state index >= 15 is 0 Å². The van der Waals surface area contributed by atoms with E-state index < -0.39 is 5.97 Å². The molecule has 3 aromatic rings. The quantitative estimate of drug-likeness (QED) is 0.748. The Morgan fingerprint density at radius 3 is 3.00 bits per heavy atom. The predicted molar refractivity (Wildman–Crippen MR) is 109 cm³/mol. The Kier molecular flexibility index (Phi) is 4.17. The number of anilines is 2. The maximum atomic E-state index is 11.4. The van der Waals surface area contributed by atoms with Crippen LogP contribution in [0.25, 0.3) is 5.57 Å². The van der Waals surface area contributed by atoms with Gasteiger partial charge in [0.05, 0.1) is 30.2 Å². The first kappa shape index (κ1) is 17.3. The van der Waals surface area contributed by atoms with Crippen LogP contribution < -0.4 is 20.1 Å². The third-order valence-corrected chi connectivity index (χ3v) is 5.31. The van der Waals surface area contributed by atoms with Crippen LogP contribution in [0.2, 0.25) is 0 Å². The fourth-order valence-electron chi connectivity index (χ4n) is 3.84. The van der Waals surface area contributed by atoms with E-state index in [-0.39, 0.29) is 5.56 Å². The van der Waals surface area contributed by atoms with Crippen LogP contribution in [-0.4, -0.2) is 24.2 Å². The summed E-state index contributed by atoms with van der Waals surface area (Å²) in [6, 6.07) is 14.9. The van der Waals surface area contributed by atoms with Gasteiger partial charge in [0.1, 0.15) is 12.4 Å². The van der Waals surface area contributed by atoms with Crippen LogP contribution >= 0.6 is 0 Å². The fraction of sp³-hybridized carbons (Fsp3) is 0.130. The van der Waals surface area contributed by atoms with Gasteiger partial charge in [0.25, 0.3) is 0 Å². The summed E-state index contributed by atoms with van der Waals surface area (Å²) < 4.78 is 5.98. The van der Waals surface area contributed by atoms with Crippen molar-refractivity contribution in [2.24, 2.45) is 0 Å². The molecule has 5 rings (SSSR count). The van der Waals surface area contributed by atoms with Crippen LogP contribution in [0.5, 0.6) is 5.75 Å². The number of nitrogens with zero attached hydrogens (tertiary/aromatic N) is 2. The highest BCUT2D eigenvalue weighted by Gasteiger charge is 2.21. The lowest BCUT2D eigenvalue weighted by atomic mass is 9.93. The topological polar surface area (TPSA) is 77.5 Å². The van der Waals surface area contributed by atoms with E-state index in [2.05, 4.69) is 21.3 Å². The minimum atomic E-state index is -1.20. The second-order valence-electron chi connectivity index (χ2n) is 7.01. The van der Waals surface area contributed by atoms with Gasteiger partial charge in [-0.2, -0.15) is 0 Å². The Morgan fingerprint density at radius 1 is 1.21 bits per heavy atom. The highest BCUT2D eigenvalue weighted by molar-refractivity contribution is 5.91. The summed E-state index contributed by atoms with van der Waals surface area (Å²) in [4.78, 5) is 17.8. The molecule has 0 bridgehead atoms. The Hall–Kier alpha value is -3.80. The summed E-state index contributed by atoms with van der Waals surface area (Å²) in [5, 5.41) is 14.8. The lowest BCUT2D eigenvalue weighted by Crippen LogP contribution is -2.23. The molecule has 6 nitrogen and oxygen atoms in total. The lowest BCUT2D eigenvalue weighted by molar-refractivity contribution is -0.255. The number of pyridine rings is 1. The molecule has 0 spiro atoms. The monoisotopic (exact) mass is 384 g/mol. The van der Waals surface area contributed by atoms with Crippen molar-refractivity contribution in [2.45, 2.75) is 6.61 Å². The number of rotatable bonds is 3. The van der Waals surface area contributed by atoms with Crippen molar-refractivity contribution >= 4 is 22.9 Å². The van der Waals surface area contributed by atoms with Crippen molar-refractivity contribution in [3.63, 3.8) is 0 Å². The van der Waals surface area contributed by atoms with Gasteiger partial charge in [-0.3, -0.25) is 4.98 Å². The average molecular weight is 384 g/mol. The standard InChI is InChI=1S/C23H19N3O3/c27-23(28)15-5-6-22-19(11-15)18(17-4-2-1-3-16(17)13-29-22)8-10-26-14-25-20-7-9-24-12-21(20)26/h1-9,11-12,25H,10,13-14H2,(H,27,28)/p-1/b18-8+. The molecule has 3 heterocycles. The van der Waals surface area contributed by atoms with E-state index in [4.69, 9.17) is 4.74 Å². The molecule has 0 radical (unpaired) electrons. The smallest absolute Gasteiger partial charge is 0.127 e. The van der Waals surface area contributed by atoms with Crippen LogP contribution in [0, 0.1) is 0 Å². The highest BCUT2D eigenvalue weighted by atomic mass is 16.5. The Bertz CT molecular complexity index is 1140. The Balaban J connectivity index is 1.60. The number of fused-ring (bicyclic) bond motifs is 3. The third-order valence-electron chi connectivity index (χ3n) is 5.31. The minimum Gasteiger partial charge on any atom is -0.545 e. The molecule has 0 saturated heterocycles. The number of carboxylic acids is 1. The van der Waals surface area contributed by atoms with Crippen molar-refractivity contribution in [3.8, 4) is 5.75 Å². The van der Waals surface area contributed by atoms with E-state index in [9.17, 15) is 9.90 Å². The first-order chi connectivity index (χ1) is 14.2. The molecule has 0 aliphatic carbocycles.